The molecule has 0 fully saturated rings. The predicted molar refractivity (Wildman–Crippen MR) is 32.0 cm³/mol. The Bertz CT molecular complexity index is 203. The Kier molecular flexibility index (Phi) is 3.78. The van der Waals surface area contributed by atoms with Crippen molar-refractivity contribution < 1.29 is 26.8 Å². The van der Waals surface area contributed by atoms with Crippen LogP contribution in [0.2, 0.25) is 0 Å². The lowest BCUT2D eigenvalue weighted by molar-refractivity contribution is 0.267. The molecule has 0 aromatic carbocycles. The average molecular weight is 190 g/mol. The second-order valence-corrected chi connectivity index (χ2v) is 3.53. The van der Waals surface area contributed by atoms with Crippen LogP contribution >= 0.6 is 7.60 Å². The molecule has 0 aliphatic carbocycles. The van der Waals surface area contributed by atoms with E-state index in [1.165, 1.54) is 0 Å². The first kappa shape index (κ1) is 10.7. The van der Waals surface area contributed by atoms with Crippen LogP contribution < -0.4 is 0 Å². The summed E-state index contributed by atoms with van der Waals surface area (Å²) in [7, 11) is -2.74. The van der Waals surface area contributed by atoms with E-state index in [-0.39, 0.29) is 0 Å². The van der Waals surface area contributed by atoms with Crippen molar-refractivity contribution in [3.05, 3.63) is 11.6 Å². The topological polar surface area (TPSA) is 35.5 Å². The van der Waals surface area contributed by atoms with E-state index >= 15 is 0 Å². The Morgan fingerprint density at radius 3 is 1.64 bits per heavy atom. The molecule has 3 nitrogen and oxygen atoms in total. The molecular formula is C4H6F3O3P. The molecule has 0 aromatic rings. The van der Waals surface area contributed by atoms with Crippen molar-refractivity contribution in [2.45, 2.75) is 0 Å². The van der Waals surface area contributed by atoms with Crippen LogP contribution in [0.25, 0.3) is 0 Å². The molecule has 11 heavy (non-hydrogen) atoms. The van der Waals surface area contributed by atoms with Crippen molar-refractivity contribution in [3.8, 4) is 0 Å². The fourth-order valence-electron chi connectivity index (χ4n) is 0.338. The highest BCUT2D eigenvalue weighted by atomic mass is 31.2. The number of halogens is 3. The minimum atomic E-state index is -4.37. The first-order valence-corrected chi connectivity index (χ1v) is 3.95. The highest BCUT2D eigenvalue weighted by Crippen LogP contribution is 2.56. The molecule has 0 unspecified atom stereocenters. The molecule has 0 aromatic heterocycles. The van der Waals surface area contributed by atoms with E-state index in [9.17, 15) is 17.7 Å². The Morgan fingerprint density at radius 2 is 1.55 bits per heavy atom. The van der Waals surface area contributed by atoms with Gasteiger partial charge < -0.3 is 9.05 Å². The van der Waals surface area contributed by atoms with Crippen molar-refractivity contribution >= 4 is 7.60 Å². The molecule has 66 valence electrons. The third-order valence-electron chi connectivity index (χ3n) is 0.877. The lowest BCUT2D eigenvalue weighted by Gasteiger charge is -2.09. The number of rotatable bonds is 3. The van der Waals surface area contributed by atoms with Gasteiger partial charge in [0.15, 0.2) is 0 Å². The zero-order valence-electron chi connectivity index (χ0n) is 5.81. The summed E-state index contributed by atoms with van der Waals surface area (Å²) in [6.07, 6.45) is -2.70. The smallest absolute Gasteiger partial charge is 0.307 e. The molecule has 0 rings (SSSR count). The van der Waals surface area contributed by atoms with E-state index in [2.05, 4.69) is 9.05 Å². The summed E-state index contributed by atoms with van der Waals surface area (Å²) in [6.45, 7) is 0. The Hall–Kier alpha value is -0.320. The van der Waals surface area contributed by atoms with Crippen molar-refractivity contribution in [2.24, 2.45) is 0 Å². The number of hydrogen-bond acceptors (Lipinski definition) is 3. The second kappa shape index (κ2) is 3.90. The van der Waals surface area contributed by atoms with E-state index < -0.39 is 19.2 Å². The minimum absolute atomic E-state index is 0.812. The van der Waals surface area contributed by atoms with Crippen molar-refractivity contribution in [2.75, 3.05) is 14.2 Å². The molecule has 0 bridgehead atoms. The van der Waals surface area contributed by atoms with E-state index in [1.54, 1.807) is 0 Å². The van der Waals surface area contributed by atoms with Gasteiger partial charge in [-0.05, 0) is 0 Å². The molecule has 0 saturated carbocycles. The minimum Gasteiger partial charge on any atom is -0.307 e. The summed E-state index contributed by atoms with van der Waals surface area (Å²) in [4.78, 5) is 0. The summed E-state index contributed by atoms with van der Waals surface area (Å²) in [6, 6.07) is 0. The summed E-state index contributed by atoms with van der Waals surface area (Å²) >= 11 is 0. The Balaban J connectivity index is 4.81. The van der Waals surface area contributed by atoms with Crippen LogP contribution in [-0.2, 0) is 13.6 Å². The standard InChI is InChI=1S/C4H6F3O3P/c1-9-11(8,10-2)4(7)3(5)6/h1-2H3. The van der Waals surface area contributed by atoms with Crippen molar-refractivity contribution in [1.29, 1.82) is 0 Å². The van der Waals surface area contributed by atoms with Crippen LogP contribution in [0.3, 0.4) is 0 Å². The van der Waals surface area contributed by atoms with E-state index in [0.717, 1.165) is 14.2 Å². The van der Waals surface area contributed by atoms with E-state index in [4.69, 9.17) is 0 Å². The SMILES string of the molecule is COP(=O)(OC)C(F)=C(F)F. The maximum atomic E-state index is 12.2. The van der Waals surface area contributed by atoms with Gasteiger partial charge in [0.05, 0.1) is 0 Å². The van der Waals surface area contributed by atoms with Gasteiger partial charge in [-0.25, -0.2) is 0 Å². The summed E-state index contributed by atoms with van der Waals surface area (Å²) < 4.78 is 53.7. The normalized spacial score (nSPS) is 11.4. The molecule has 0 N–H and O–H groups in total. The summed E-state index contributed by atoms with van der Waals surface area (Å²) in [5, 5.41) is 0. The van der Waals surface area contributed by atoms with Crippen molar-refractivity contribution in [3.63, 3.8) is 0 Å². The van der Waals surface area contributed by atoms with Gasteiger partial charge >= 0.3 is 13.7 Å². The van der Waals surface area contributed by atoms with Gasteiger partial charge in [-0.1, -0.05) is 0 Å². The number of hydrogen-bond donors (Lipinski definition) is 0. The van der Waals surface area contributed by atoms with E-state index in [0.29, 0.717) is 0 Å². The monoisotopic (exact) mass is 190 g/mol. The zero-order chi connectivity index (χ0) is 9.07. The van der Waals surface area contributed by atoms with Gasteiger partial charge in [-0.2, -0.15) is 13.2 Å². The van der Waals surface area contributed by atoms with E-state index in [1.807, 2.05) is 0 Å². The van der Waals surface area contributed by atoms with Gasteiger partial charge in [-0.15, -0.1) is 0 Å². The molecule has 0 spiro atoms. The third-order valence-corrected chi connectivity index (χ3v) is 2.49. The van der Waals surface area contributed by atoms with Gasteiger partial charge in [0.2, 0.25) is 0 Å². The van der Waals surface area contributed by atoms with Gasteiger partial charge in [-0.3, -0.25) is 4.57 Å². The maximum absolute atomic E-state index is 12.2. The van der Waals surface area contributed by atoms with Crippen LogP contribution in [0.15, 0.2) is 11.6 Å². The average Bonchev–Trinajstić information content (AvgIpc) is 2.01. The first-order chi connectivity index (χ1) is 4.98. The Morgan fingerprint density at radius 1 is 1.18 bits per heavy atom. The molecule has 7 heteroatoms. The quantitative estimate of drug-likeness (QED) is 0.641. The third kappa shape index (κ3) is 2.32. The molecule has 0 amide bonds. The molecule has 0 atom stereocenters. The Labute approximate surface area is 61.3 Å². The summed E-state index contributed by atoms with van der Waals surface area (Å²) in [5.41, 5.74) is -2.15. The van der Waals surface area contributed by atoms with Gasteiger partial charge in [0.25, 0.3) is 5.57 Å². The lowest BCUT2D eigenvalue weighted by Crippen LogP contribution is -1.89. The molecule has 0 heterocycles. The highest BCUT2D eigenvalue weighted by Gasteiger charge is 2.32. The van der Waals surface area contributed by atoms with Crippen LogP contribution in [0.1, 0.15) is 0 Å². The first-order valence-electron chi connectivity index (χ1n) is 2.40. The maximum Gasteiger partial charge on any atom is 0.394 e. The fraction of sp³-hybridized carbons (Fsp3) is 0.500. The zero-order valence-corrected chi connectivity index (χ0v) is 6.70. The molecular weight excluding hydrogens is 184 g/mol. The lowest BCUT2D eigenvalue weighted by atomic mass is 11.1. The second-order valence-electron chi connectivity index (χ2n) is 1.41. The van der Waals surface area contributed by atoms with Gasteiger partial charge in [0, 0.05) is 14.2 Å². The van der Waals surface area contributed by atoms with Crippen molar-refractivity contribution in [1.82, 2.24) is 0 Å². The molecule has 0 aliphatic heterocycles. The predicted octanol–water partition coefficient (Wildman–Crippen LogP) is 2.51. The van der Waals surface area contributed by atoms with Crippen LogP contribution in [0, 0.1) is 0 Å². The van der Waals surface area contributed by atoms with Gasteiger partial charge in [0.1, 0.15) is 0 Å². The molecule has 0 radical (unpaired) electrons. The summed E-state index contributed by atoms with van der Waals surface area (Å²) in [5.74, 6) is 0. The highest BCUT2D eigenvalue weighted by molar-refractivity contribution is 7.58. The molecule has 0 saturated heterocycles. The van der Waals surface area contributed by atoms with Crippen LogP contribution in [0.5, 0.6) is 0 Å². The van der Waals surface area contributed by atoms with Crippen LogP contribution in [0.4, 0.5) is 13.2 Å². The van der Waals surface area contributed by atoms with Crippen LogP contribution in [-0.4, -0.2) is 14.2 Å². The molecule has 0 aliphatic rings. The largest absolute Gasteiger partial charge is 0.394 e. The fourth-order valence-corrected chi connectivity index (χ4v) is 1.02.